The average molecular weight is 450 g/mol. The number of hydrogen-bond acceptors (Lipinski definition) is 5. The molecule has 3 aromatic rings. The van der Waals surface area contributed by atoms with E-state index in [4.69, 9.17) is 4.74 Å². The van der Waals surface area contributed by atoms with E-state index in [1.165, 1.54) is 0 Å². The van der Waals surface area contributed by atoms with E-state index >= 15 is 0 Å². The highest BCUT2D eigenvalue weighted by Gasteiger charge is 2.34. The van der Waals surface area contributed by atoms with Gasteiger partial charge in [-0.3, -0.25) is 9.59 Å². The van der Waals surface area contributed by atoms with Gasteiger partial charge in [-0.2, -0.15) is 0 Å². The number of amides is 2. The third kappa shape index (κ3) is 4.83. The number of nitrogens with one attached hydrogen (secondary N) is 1. The number of aromatic nitrogens is 1. The first-order valence-corrected chi connectivity index (χ1v) is 11.8. The van der Waals surface area contributed by atoms with Crippen LogP contribution < -0.4 is 10.1 Å². The van der Waals surface area contributed by atoms with Crippen molar-refractivity contribution in [3.05, 3.63) is 70.9 Å². The van der Waals surface area contributed by atoms with Crippen LogP contribution in [0.1, 0.15) is 41.4 Å². The lowest BCUT2D eigenvalue weighted by molar-refractivity contribution is -0.125. The molecule has 7 heteroatoms. The monoisotopic (exact) mass is 449 g/mol. The van der Waals surface area contributed by atoms with E-state index in [1.807, 2.05) is 37.6 Å². The highest BCUT2D eigenvalue weighted by molar-refractivity contribution is 7.13. The number of ether oxygens (including phenoxy) is 1. The molecular formula is C25H27N3O3S. The molecule has 1 saturated heterocycles. The van der Waals surface area contributed by atoms with E-state index in [0.29, 0.717) is 37.4 Å². The maximum absolute atomic E-state index is 13.1. The molecule has 4 rings (SSSR count). The molecule has 0 bridgehead atoms. The number of carbonyl (C=O) groups excluding carboxylic acids is 2. The van der Waals surface area contributed by atoms with E-state index in [2.05, 4.69) is 22.4 Å². The summed E-state index contributed by atoms with van der Waals surface area (Å²) in [6.45, 7) is 5.46. The van der Waals surface area contributed by atoms with Gasteiger partial charge < -0.3 is 15.0 Å². The fourth-order valence-corrected chi connectivity index (χ4v) is 4.81. The van der Waals surface area contributed by atoms with Crippen LogP contribution in [0.25, 0.3) is 10.4 Å². The number of nitrogens with zero attached hydrogens (tertiary/aromatic N) is 2. The Balaban J connectivity index is 1.38. The van der Waals surface area contributed by atoms with E-state index < -0.39 is 6.04 Å². The molecule has 2 amide bonds. The Hall–Kier alpha value is -3.19. The van der Waals surface area contributed by atoms with E-state index in [9.17, 15) is 9.59 Å². The Labute approximate surface area is 192 Å². The summed E-state index contributed by atoms with van der Waals surface area (Å²) in [5.41, 5.74) is 5.56. The number of thiazole rings is 1. The summed E-state index contributed by atoms with van der Waals surface area (Å²) in [7, 11) is 0. The van der Waals surface area contributed by atoms with Gasteiger partial charge in [-0.25, -0.2) is 4.98 Å². The molecule has 0 radical (unpaired) electrons. The van der Waals surface area contributed by atoms with Crippen molar-refractivity contribution in [2.45, 2.75) is 39.3 Å². The summed E-state index contributed by atoms with van der Waals surface area (Å²) in [5, 5.41) is 3.01. The third-order valence-electron chi connectivity index (χ3n) is 5.64. The molecule has 32 heavy (non-hydrogen) atoms. The van der Waals surface area contributed by atoms with Gasteiger partial charge in [0.1, 0.15) is 11.8 Å². The van der Waals surface area contributed by atoms with Gasteiger partial charge in [0.25, 0.3) is 5.91 Å². The molecule has 166 valence electrons. The summed E-state index contributed by atoms with van der Waals surface area (Å²) in [6, 6.07) is 14.8. The van der Waals surface area contributed by atoms with E-state index in [1.54, 1.807) is 34.4 Å². The van der Waals surface area contributed by atoms with Crippen molar-refractivity contribution in [1.29, 1.82) is 0 Å². The molecular weight excluding hydrogens is 422 g/mol. The lowest BCUT2D eigenvalue weighted by Gasteiger charge is -2.24. The van der Waals surface area contributed by atoms with Crippen LogP contribution >= 0.6 is 11.3 Å². The quantitative estimate of drug-likeness (QED) is 0.579. The average Bonchev–Trinajstić information content (AvgIpc) is 3.47. The van der Waals surface area contributed by atoms with Gasteiger partial charge in [-0.05, 0) is 56.0 Å². The SMILES string of the molecule is CCOc1cccc(C(=O)N2CCCC2C(=O)NCc2ccc(-c3scnc3C)cc2)c1. The number of carbonyl (C=O) groups is 2. The van der Waals surface area contributed by atoms with Gasteiger partial charge in [0.2, 0.25) is 5.91 Å². The molecule has 1 unspecified atom stereocenters. The van der Waals surface area contributed by atoms with Crippen molar-refractivity contribution in [3.63, 3.8) is 0 Å². The van der Waals surface area contributed by atoms with Crippen LogP contribution in [0, 0.1) is 6.92 Å². The Morgan fingerprint density at radius 1 is 1.22 bits per heavy atom. The van der Waals surface area contributed by atoms with Gasteiger partial charge in [-0.15, -0.1) is 11.3 Å². The predicted octanol–water partition coefficient (Wildman–Crippen LogP) is 4.44. The van der Waals surface area contributed by atoms with Gasteiger partial charge in [0.05, 0.1) is 22.7 Å². The second kappa shape index (κ2) is 9.96. The number of likely N-dealkylation sites (tertiary alicyclic amines) is 1. The fraction of sp³-hybridized carbons (Fsp3) is 0.320. The van der Waals surface area contributed by atoms with Crippen LogP contribution in [0.5, 0.6) is 5.75 Å². The van der Waals surface area contributed by atoms with Crippen LogP contribution in [-0.2, 0) is 11.3 Å². The second-order valence-corrected chi connectivity index (χ2v) is 8.65. The summed E-state index contributed by atoms with van der Waals surface area (Å²) in [6.07, 6.45) is 1.49. The zero-order valence-electron chi connectivity index (χ0n) is 18.3. The Bertz CT molecular complexity index is 1090. The largest absolute Gasteiger partial charge is 0.494 e. The summed E-state index contributed by atoms with van der Waals surface area (Å²) < 4.78 is 5.51. The minimum atomic E-state index is -0.447. The zero-order chi connectivity index (χ0) is 22.5. The van der Waals surface area contributed by atoms with E-state index in [-0.39, 0.29) is 11.8 Å². The van der Waals surface area contributed by atoms with Gasteiger partial charge in [0.15, 0.2) is 0 Å². The number of benzene rings is 2. The highest BCUT2D eigenvalue weighted by Crippen LogP contribution is 2.27. The van der Waals surface area contributed by atoms with Crippen molar-refractivity contribution >= 4 is 23.2 Å². The van der Waals surface area contributed by atoms with Gasteiger partial charge >= 0.3 is 0 Å². The molecule has 2 heterocycles. The van der Waals surface area contributed by atoms with Crippen LogP contribution in [-0.4, -0.2) is 40.9 Å². The molecule has 1 aromatic heterocycles. The van der Waals surface area contributed by atoms with Crippen molar-refractivity contribution in [2.75, 3.05) is 13.2 Å². The lowest BCUT2D eigenvalue weighted by atomic mass is 10.1. The molecule has 1 atom stereocenters. The number of hydrogen-bond donors (Lipinski definition) is 1. The Morgan fingerprint density at radius 3 is 2.75 bits per heavy atom. The molecule has 0 aliphatic carbocycles. The molecule has 2 aromatic carbocycles. The zero-order valence-corrected chi connectivity index (χ0v) is 19.2. The normalized spacial score (nSPS) is 15.6. The van der Waals surface area contributed by atoms with Crippen LogP contribution in [0.4, 0.5) is 0 Å². The number of aryl methyl sites for hydroxylation is 1. The van der Waals surface area contributed by atoms with Crippen molar-refractivity contribution < 1.29 is 14.3 Å². The third-order valence-corrected chi connectivity index (χ3v) is 6.61. The molecule has 0 spiro atoms. The van der Waals surface area contributed by atoms with Gasteiger partial charge in [-0.1, -0.05) is 30.3 Å². The molecule has 1 fully saturated rings. The maximum atomic E-state index is 13.1. The molecule has 0 saturated carbocycles. The lowest BCUT2D eigenvalue weighted by Crippen LogP contribution is -2.45. The highest BCUT2D eigenvalue weighted by atomic mass is 32.1. The van der Waals surface area contributed by atoms with Crippen LogP contribution in [0.15, 0.2) is 54.0 Å². The summed E-state index contributed by atoms with van der Waals surface area (Å²) in [5.74, 6) is 0.420. The minimum absolute atomic E-state index is 0.112. The minimum Gasteiger partial charge on any atom is -0.494 e. The van der Waals surface area contributed by atoms with Gasteiger partial charge in [0, 0.05) is 18.7 Å². The molecule has 1 N–H and O–H groups in total. The van der Waals surface area contributed by atoms with E-state index in [0.717, 1.165) is 28.1 Å². The van der Waals surface area contributed by atoms with Crippen molar-refractivity contribution in [3.8, 4) is 16.2 Å². The summed E-state index contributed by atoms with van der Waals surface area (Å²) in [4.78, 5) is 33.1. The van der Waals surface area contributed by atoms with Crippen LogP contribution in [0.3, 0.4) is 0 Å². The standard InChI is InChI=1S/C25H27N3O3S/c1-3-31-21-7-4-6-20(14-21)25(30)28-13-5-8-22(28)24(29)26-15-18-9-11-19(12-10-18)23-17(2)27-16-32-23/h4,6-7,9-12,14,16,22H,3,5,8,13,15H2,1-2H3,(H,26,29). The fourth-order valence-electron chi connectivity index (χ4n) is 3.99. The molecule has 6 nitrogen and oxygen atoms in total. The molecule has 1 aliphatic rings. The second-order valence-electron chi connectivity index (χ2n) is 7.80. The van der Waals surface area contributed by atoms with Crippen LogP contribution in [0.2, 0.25) is 0 Å². The predicted molar refractivity (Wildman–Crippen MR) is 126 cm³/mol. The maximum Gasteiger partial charge on any atom is 0.254 e. The first-order chi connectivity index (χ1) is 15.6. The smallest absolute Gasteiger partial charge is 0.254 e. The summed E-state index contributed by atoms with van der Waals surface area (Å²) >= 11 is 1.62. The first kappa shape index (κ1) is 22.0. The van der Waals surface area contributed by atoms with Crippen molar-refractivity contribution in [2.24, 2.45) is 0 Å². The first-order valence-electron chi connectivity index (χ1n) is 10.9. The Kier molecular flexibility index (Phi) is 6.85. The number of rotatable bonds is 7. The van der Waals surface area contributed by atoms with Crippen molar-refractivity contribution in [1.82, 2.24) is 15.2 Å². The Morgan fingerprint density at radius 2 is 2.03 bits per heavy atom. The molecule has 1 aliphatic heterocycles. The topological polar surface area (TPSA) is 71.5 Å².